The summed E-state index contributed by atoms with van der Waals surface area (Å²) in [6.45, 7) is 3.12. The molecule has 0 radical (unpaired) electrons. The molecule has 0 bridgehead atoms. The minimum absolute atomic E-state index is 0.203. The summed E-state index contributed by atoms with van der Waals surface area (Å²) in [5.41, 5.74) is 2.45. The zero-order chi connectivity index (χ0) is 10.7. The predicted molar refractivity (Wildman–Crippen MR) is 59.9 cm³/mol. The van der Waals surface area contributed by atoms with Crippen molar-refractivity contribution in [3.8, 4) is 0 Å². The summed E-state index contributed by atoms with van der Waals surface area (Å²) < 4.78 is 5.64. The van der Waals surface area contributed by atoms with Gasteiger partial charge in [0.05, 0.1) is 6.10 Å². The lowest BCUT2D eigenvalue weighted by atomic mass is 9.97. The summed E-state index contributed by atoms with van der Waals surface area (Å²) in [4.78, 5) is 0. The summed E-state index contributed by atoms with van der Waals surface area (Å²) in [6, 6.07) is 8.40. The van der Waals surface area contributed by atoms with Crippen molar-refractivity contribution in [1.82, 2.24) is 0 Å². The number of aliphatic hydroxyl groups excluding tert-OH is 1. The van der Waals surface area contributed by atoms with Crippen molar-refractivity contribution in [2.24, 2.45) is 0 Å². The van der Waals surface area contributed by atoms with Gasteiger partial charge in [0.1, 0.15) is 0 Å². The highest BCUT2D eigenvalue weighted by molar-refractivity contribution is 5.28. The number of rotatable bonds is 3. The third-order valence-electron chi connectivity index (χ3n) is 3.06. The molecule has 0 amide bonds. The molecule has 1 fully saturated rings. The van der Waals surface area contributed by atoms with E-state index in [-0.39, 0.29) is 18.6 Å². The molecule has 1 aromatic carbocycles. The molecular weight excluding hydrogens is 188 g/mol. The number of hydrogen-bond acceptors (Lipinski definition) is 2. The fraction of sp³-hybridized carbons (Fsp3) is 0.538. The van der Waals surface area contributed by atoms with Crippen molar-refractivity contribution < 1.29 is 9.84 Å². The van der Waals surface area contributed by atoms with E-state index in [1.807, 2.05) is 6.92 Å². The van der Waals surface area contributed by atoms with Crippen molar-refractivity contribution in [3.63, 3.8) is 0 Å². The lowest BCUT2D eigenvalue weighted by Crippen LogP contribution is -2.01. The first-order valence-corrected chi connectivity index (χ1v) is 5.63. The average molecular weight is 206 g/mol. The second-order valence-electron chi connectivity index (χ2n) is 4.26. The number of aliphatic hydroxyl groups is 1. The van der Waals surface area contributed by atoms with Crippen LogP contribution in [0.2, 0.25) is 0 Å². The molecule has 2 atom stereocenters. The standard InChI is InChI=1S/C13H18O2/c1-10(9-14)11-4-2-5-12(8-11)13-6-3-7-15-13/h2,4-5,8,10,13-14H,3,6-7,9H2,1H3. The maximum atomic E-state index is 9.11. The molecule has 1 aliphatic rings. The summed E-state index contributed by atoms with van der Waals surface area (Å²) in [6.07, 6.45) is 2.55. The molecule has 1 N–H and O–H groups in total. The van der Waals surface area contributed by atoms with Gasteiger partial charge in [-0.1, -0.05) is 31.2 Å². The number of benzene rings is 1. The monoisotopic (exact) mass is 206 g/mol. The van der Waals surface area contributed by atoms with Crippen LogP contribution < -0.4 is 0 Å². The van der Waals surface area contributed by atoms with Gasteiger partial charge in [-0.3, -0.25) is 0 Å². The first-order valence-electron chi connectivity index (χ1n) is 5.63. The van der Waals surface area contributed by atoms with Crippen molar-refractivity contribution >= 4 is 0 Å². The highest BCUT2D eigenvalue weighted by Gasteiger charge is 2.18. The van der Waals surface area contributed by atoms with Gasteiger partial charge in [-0.25, -0.2) is 0 Å². The molecule has 2 nitrogen and oxygen atoms in total. The van der Waals surface area contributed by atoms with E-state index in [9.17, 15) is 0 Å². The van der Waals surface area contributed by atoms with E-state index in [0.717, 1.165) is 19.4 Å². The highest BCUT2D eigenvalue weighted by Crippen LogP contribution is 2.30. The van der Waals surface area contributed by atoms with Crippen LogP contribution in [0.1, 0.15) is 42.9 Å². The van der Waals surface area contributed by atoms with E-state index in [4.69, 9.17) is 9.84 Å². The molecule has 2 unspecified atom stereocenters. The van der Waals surface area contributed by atoms with E-state index in [1.54, 1.807) is 0 Å². The van der Waals surface area contributed by atoms with Crippen molar-refractivity contribution in [2.75, 3.05) is 13.2 Å². The van der Waals surface area contributed by atoms with E-state index >= 15 is 0 Å². The van der Waals surface area contributed by atoms with Crippen molar-refractivity contribution in [1.29, 1.82) is 0 Å². The SMILES string of the molecule is CC(CO)c1cccc(C2CCCO2)c1. The molecule has 0 spiro atoms. The zero-order valence-corrected chi connectivity index (χ0v) is 9.15. The van der Waals surface area contributed by atoms with Crippen molar-refractivity contribution in [2.45, 2.75) is 31.8 Å². The lowest BCUT2D eigenvalue weighted by molar-refractivity contribution is 0.112. The summed E-state index contributed by atoms with van der Waals surface area (Å²) in [5.74, 6) is 0.214. The van der Waals surface area contributed by atoms with Crippen LogP contribution in [0, 0.1) is 0 Å². The quantitative estimate of drug-likeness (QED) is 0.823. The topological polar surface area (TPSA) is 29.5 Å². The Labute approximate surface area is 90.9 Å². The van der Waals surface area contributed by atoms with Gasteiger partial charge in [-0.15, -0.1) is 0 Å². The second kappa shape index (κ2) is 4.77. The Morgan fingerprint density at radius 1 is 1.53 bits per heavy atom. The number of ether oxygens (including phenoxy) is 1. The first-order chi connectivity index (χ1) is 7.31. The van der Waals surface area contributed by atoms with E-state index < -0.39 is 0 Å². The van der Waals surface area contributed by atoms with Gasteiger partial charge in [-0.2, -0.15) is 0 Å². The predicted octanol–water partition coefficient (Wildman–Crippen LogP) is 2.63. The molecule has 82 valence electrons. The van der Waals surface area contributed by atoms with Gasteiger partial charge in [-0.05, 0) is 24.0 Å². The zero-order valence-electron chi connectivity index (χ0n) is 9.15. The molecule has 1 saturated heterocycles. The van der Waals surface area contributed by atoms with Crippen LogP contribution in [0.15, 0.2) is 24.3 Å². The molecule has 1 aliphatic heterocycles. The first kappa shape index (κ1) is 10.7. The summed E-state index contributed by atoms with van der Waals surface area (Å²) in [7, 11) is 0. The average Bonchev–Trinajstić information content (AvgIpc) is 2.82. The van der Waals surface area contributed by atoms with Crippen LogP contribution in [0.25, 0.3) is 0 Å². The Bertz CT molecular complexity index is 316. The Morgan fingerprint density at radius 3 is 3.07 bits per heavy atom. The van der Waals surface area contributed by atoms with E-state index in [1.165, 1.54) is 11.1 Å². The van der Waals surface area contributed by atoms with Gasteiger partial charge in [0, 0.05) is 19.1 Å². The normalized spacial score (nSPS) is 22.9. The molecular formula is C13H18O2. The summed E-state index contributed by atoms with van der Waals surface area (Å²) >= 11 is 0. The minimum Gasteiger partial charge on any atom is -0.396 e. The van der Waals surface area contributed by atoms with Crippen LogP contribution in [-0.4, -0.2) is 18.3 Å². The largest absolute Gasteiger partial charge is 0.396 e. The third-order valence-corrected chi connectivity index (χ3v) is 3.06. The molecule has 15 heavy (non-hydrogen) atoms. The van der Waals surface area contributed by atoms with Crippen LogP contribution in [0.4, 0.5) is 0 Å². The molecule has 0 aliphatic carbocycles. The Kier molecular flexibility index (Phi) is 3.39. The molecule has 1 heterocycles. The fourth-order valence-corrected chi connectivity index (χ4v) is 2.01. The van der Waals surface area contributed by atoms with Crippen LogP contribution >= 0.6 is 0 Å². The molecule has 0 aromatic heterocycles. The van der Waals surface area contributed by atoms with Crippen molar-refractivity contribution in [3.05, 3.63) is 35.4 Å². The fourth-order valence-electron chi connectivity index (χ4n) is 2.01. The molecule has 1 aromatic rings. The van der Waals surface area contributed by atoms with Gasteiger partial charge < -0.3 is 9.84 Å². The van der Waals surface area contributed by atoms with Crippen LogP contribution in [0.3, 0.4) is 0 Å². The van der Waals surface area contributed by atoms with Gasteiger partial charge in [0.25, 0.3) is 0 Å². The smallest absolute Gasteiger partial charge is 0.0825 e. The molecule has 0 saturated carbocycles. The maximum Gasteiger partial charge on any atom is 0.0825 e. The summed E-state index contributed by atoms with van der Waals surface area (Å²) in [5, 5.41) is 9.11. The third kappa shape index (κ3) is 2.39. The molecule has 2 rings (SSSR count). The van der Waals surface area contributed by atoms with E-state index in [0.29, 0.717) is 0 Å². The Morgan fingerprint density at radius 2 is 2.40 bits per heavy atom. The number of hydrogen-bond donors (Lipinski definition) is 1. The van der Waals surface area contributed by atoms with E-state index in [2.05, 4.69) is 24.3 Å². The Balaban J connectivity index is 2.18. The lowest BCUT2D eigenvalue weighted by Gasteiger charge is -2.13. The Hall–Kier alpha value is -0.860. The molecule has 2 heteroatoms. The van der Waals surface area contributed by atoms with Gasteiger partial charge >= 0.3 is 0 Å². The van der Waals surface area contributed by atoms with Gasteiger partial charge in [0.2, 0.25) is 0 Å². The maximum absolute atomic E-state index is 9.11. The minimum atomic E-state index is 0.203. The highest BCUT2D eigenvalue weighted by atomic mass is 16.5. The van der Waals surface area contributed by atoms with Crippen LogP contribution in [0.5, 0.6) is 0 Å². The second-order valence-corrected chi connectivity index (χ2v) is 4.26. The van der Waals surface area contributed by atoms with Crippen LogP contribution in [-0.2, 0) is 4.74 Å². The van der Waals surface area contributed by atoms with Gasteiger partial charge in [0.15, 0.2) is 0 Å².